The molecule has 2 aromatic rings. The highest BCUT2D eigenvalue weighted by Crippen LogP contribution is 2.17. The lowest BCUT2D eigenvalue weighted by molar-refractivity contribution is -0.864. The second-order valence-corrected chi connectivity index (χ2v) is 9.95. The van der Waals surface area contributed by atoms with Gasteiger partial charge < -0.3 is 9.85 Å². The molecule has 0 aliphatic carbocycles. The third kappa shape index (κ3) is 5.43. The summed E-state index contributed by atoms with van der Waals surface area (Å²) in [4.78, 5) is 16.7. The van der Waals surface area contributed by atoms with E-state index in [1.165, 1.54) is 15.6 Å². The van der Waals surface area contributed by atoms with Gasteiger partial charge in [-0.2, -0.15) is 4.31 Å². The molecule has 0 bridgehead atoms. The van der Waals surface area contributed by atoms with E-state index in [4.69, 9.17) is 0 Å². The Morgan fingerprint density at radius 2 is 1.93 bits per heavy atom. The molecular formula is C18H23N3O4S2. The molecule has 1 aliphatic rings. The minimum Gasteiger partial charge on any atom is -0.633 e. The van der Waals surface area contributed by atoms with Crippen molar-refractivity contribution in [3.8, 4) is 0 Å². The molecule has 0 radical (unpaired) electrons. The normalized spacial score (nSPS) is 17.7. The van der Waals surface area contributed by atoms with Crippen molar-refractivity contribution in [3.63, 3.8) is 0 Å². The van der Waals surface area contributed by atoms with E-state index < -0.39 is 14.7 Å². The van der Waals surface area contributed by atoms with Crippen molar-refractivity contribution in [2.45, 2.75) is 12.8 Å². The van der Waals surface area contributed by atoms with E-state index in [1.807, 2.05) is 30.3 Å². The Balaban J connectivity index is 1.55. The SMILES string of the molecule is C[N+]1([O-])CCN(S(=O)(=O)CCC(=O)c2csc(Cc3ccccc3)n2)CC1. The largest absolute Gasteiger partial charge is 0.633 e. The van der Waals surface area contributed by atoms with Gasteiger partial charge in [0.05, 0.1) is 44.0 Å². The van der Waals surface area contributed by atoms with Gasteiger partial charge in [0, 0.05) is 18.2 Å². The predicted octanol–water partition coefficient (Wildman–Crippen LogP) is 1.90. The zero-order valence-electron chi connectivity index (χ0n) is 15.2. The van der Waals surface area contributed by atoms with E-state index in [-0.39, 0.29) is 44.1 Å². The van der Waals surface area contributed by atoms with Gasteiger partial charge in [0.2, 0.25) is 10.0 Å². The number of nitrogens with zero attached hydrogens (tertiary/aromatic N) is 3. The lowest BCUT2D eigenvalue weighted by Gasteiger charge is -2.44. The van der Waals surface area contributed by atoms with Crippen LogP contribution in [0.5, 0.6) is 0 Å². The number of piperazine rings is 1. The van der Waals surface area contributed by atoms with Crippen molar-refractivity contribution < 1.29 is 17.9 Å². The number of carbonyl (C=O) groups is 1. The zero-order chi connectivity index (χ0) is 19.5. The molecule has 1 aromatic carbocycles. The van der Waals surface area contributed by atoms with Crippen LogP contribution >= 0.6 is 11.3 Å². The van der Waals surface area contributed by atoms with E-state index in [0.717, 1.165) is 10.6 Å². The molecule has 7 nitrogen and oxygen atoms in total. The third-order valence-corrected chi connectivity index (χ3v) is 7.38. The monoisotopic (exact) mass is 409 g/mol. The van der Waals surface area contributed by atoms with Crippen molar-refractivity contribution in [1.29, 1.82) is 0 Å². The molecule has 0 saturated carbocycles. The van der Waals surface area contributed by atoms with Gasteiger partial charge in [-0.1, -0.05) is 30.3 Å². The number of aromatic nitrogens is 1. The first-order chi connectivity index (χ1) is 12.8. The number of rotatable bonds is 7. The second-order valence-electron chi connectivity index (χ2n) is 6.92. The highest BCUT2D eigenvalue weighted by molar-refractivity contribution is 7.89. The Hall–Kier alpha value is -1.65. The summed E-state index contributed by atoms with van der Waals surface area (Å²) in [6, 6.07) is 9.85. The first-order valence-corrected chi connectivity index (χ1v) is 11.3. The van der Waals surface area contributed by atoms with Gasteiger partial charge in [-0.15, -0.1) is 11.3 Å². The Labute approximate surface area is 163 Å². The van der Waals surface area contributed by atoms with Crippen LogP contribution in [0.4, 0.5) is 0 Å². The maximum atomic E-state index is 12.4. The van der Waals surface area contributed by atoms with Crippen LogP contribution in [-0.4, -0.2) is 67.1 Å². The molecule has 0 N–H and O–H groups in total. The van der Waals surface area contributed by atoms with Crippen LogP contribution < -0.4 is 0 Å². The highest BCUT2D eigenvalue weighted by atomic mass is 32.2. The quantitative estimate of drug-likeness (QED) is 0.396. The lowest BCUT2D eigenvalue weighted by Crippen LogP contribution is -2.55. The highest BCUT2D eigenvalue weighted by Gasteiger charge is 2.30. The molecule has 0 unspecified atom stereocenters. The summed E-state index contributed by atoms with van der Waals surface area (Å²) in [6.45, 7) is 0.882. The Kier molecular flexibility index (Phi) is 6.07. The summed E-state index contributed by atoms with van der Waals surface area (Å²) < 4.78 is 25.7. The fourth-order valence-corrected chi connectivity index (χ4v) is 5.17. The van der Waals surface area contributed by atoms with Crippen LogP contribution in [0.2, 0.25) is 0 Å². The Morgan fingerprint density at radius 1 is 1.26 bits per heavy atom. The van der Waals surface area contributed by atoms with Gasteiger partial charge in [-0.25, -0.2) is 13.4 Å². The van der Waals surface area contributed by atoms with Crippen LogP contribution in [0, 0.1) is 5.21 Å². The summed E-state index contributed by atoms with van der Waals surface area (Å²) in [7, 11) is -1.99. The molecule has 1 fully saturated rings. The molecule has 9 heteroatoms. The average molecular weight is 410 g/mol. The predicted molar refractivity (Wildman–Crippen MR) is 105 cm³/mol. The molecule has 3 rings (SSSR count). The van der Waals surface area contributed by atoms with E-state index in [9.17, 15) is 18.4 Å². The van der Waals surface area contributed by atoms with Crippen LogP contribution in [0.15, 0.2) is 35.7 Å². The number of hydrogen-bond donors (Lipinski definition) is 0. The number of Topliss-reactive ketones (excluding diaryl/α,β-unsaturated/α-hetero) is 1. The molecular weight excluding hydrogens is 386 g/mol. The number of sulfonamides is 1. The molecule has 146 valence electrons. The minimum atomic E-state index is -3.54. The van der Waals surface area contributed by atoms with Gasteiger partial charge in [-0.3, -0.25) is 4.79 Å². The van der Waals surface area contributed by atoms with Crippen LogP contribution in [-0.2, 0) is 16.4 Å². The van der Waals surface area contributed by atoms with Gasteiger partial charge in [-0.05, 0) is 5.56 Å². The molecule has 0 atom stereocenters. The first kappa shape index (κ1) is 20.1. The van der Waals surface area contributed by atoms with E-state index in [0.29, 0.717) is 12.1 Å². The summed E-state index contributed by atoms with van der Waals surface area (Å²) in [6.07, 6.45) is 0.550. The van der Waals surface area contributed by atoms with Crippen LogP contribution in [0.25, 0.3) is 0 Å². The van der Waals surface area contributed by atoms with Crippen LogP contribution in [0.3, 0.4) is 0 Å². The molecule has 27 heavy (non-hydrogen) atoms. The van der Waals surface area contributed by atoms with Gasteiger partial charge in [0.1, 0.15) is 5.69 Å². The minimum absolute atomic E-state index is 0.100. The van der Waals surface area contributed by atoms with Crippen molar-refractivity contribution in [1.82, 2.24) is 9.29 Å². The third-order valence-electron chi connectivity index (χ3n) is 4.66. The summed E-state index contributed by atoms with van der Waals surface area (Å²) in [5.74, 6) is -0.518. The molecule has 0 amide bonds. The molecule has 1 saturated heterocycles. The number of carbonyl (C=O) groups excluding carboxylic acids is 1. The lowest BCUT2D eigenvalue weighted by atomic mass is 10.2. The van der Waals surface area contributed by atoms with E-state index in [2.05, 4.69) is 4.98 Å². The zero-order valence-corrected chi connectivity index (χ0v) is 16.8. The fraction of sp³-hybridized carbons (Fsp3) is 0.444. The van der Waals surface area contributed by atoms with Gasteiger partial charge in [0.15, 0.2) is 5.78 Å². The van der Waals surface area contributed by atoms with Crippen molar-refractivity contribution in [2.24, 2.45) is 0 Å². The summed E-state index contributed by atoms with van der Waals surface area (Å²) in [5, 5.41) is 14.4. The Morgan fingerprint density at radius 3 is 2.59 bits per heavy atom. The second kappa shape index (κ2) is 8.15. The maximum Gasteiger partial charge on any atom is 0.214 e. The number of hydrogen-bond acceptors (Lipinski definition) is 6. The topological polar surface area (TPSA) is 90.4 Å². The van der Waals surface area contributed by atoms with E-state index >= 15 is 0 Å². The standard InChI is InChI=1S/C18H23N3O4S2/c1-21(23)10-8-20(9-11-21)27(24,25)12-7-17(22)16-14-26-18(19-16)13-15-5-3-2-4-6-15/h2-6,14H,7-13H2,1H3. The van der Waals surface area contributed by atoms with Crippen molar-refractivity contribution in [2.75, 3.05) is 39.0 Å². The smallest absolute Gasteiger partial charge is 0.214 e. The average Bonchev–Trinajstić information content (AvgIpc) is 3.09. The van der Waals surface area contributed by atoms with Gasteiger partial charge in [0.25, 0.3) is 0 Å². The van der Waals surface area contributed by atoms with Gasteiger partial charge >= 0.3 is 0 Å². The molecule has 1 aliphatic heterocycles. The number of benzene rings is 1. The summed E-state index contributed by atoms with van der Waals surface area (Å²) >= 11 is 1.41. The number of hydroxylamine groups is 3. The van der Waals surface area contributed by atoms with Crippen LogP contribution in [0.1, 0.15) is 27.5 Å². The Bertz CT molecular complexity index is 884. The molecule has 2 heterocycles. The number of ketones is 1. The number of likely N-dealkylation sites (N-methyl/N-ethyl adjacent to an activating group) is 1. The van der Waals surface area contributed by atoms with Crippen molar-refractivity contribution >= 4 is 27.1 Å². The van der Waals surface area contributed by atoms with Crippen molar-refractivity contribution in [3.05, 3.63) is 57.2 Å². The summed E-state index contributed by atoms with van der Waals surface area (Å²) in [5.41, 5.74) is 1.44. The molecule has 1 aromatic heterocycles. The molecule has 0 spiro atoms. The number of thiazole rings is 1. The first-order valence-electron chi connectivity index (χ1n) is 8.80. The fourth-order valence-electron chi connectivity index (χ4n) is 2.92. The van der Waals surface area contributed by atoms with E-state index in [1.54, 1.807) is 12.4 Å². The number of quaternary nitrogens is 1. The maximum absolute atomic E-state index is 12.4.